The van der Waals surface area contributed by atoms with Crippen LogP contribution in [0, 0.1) is 0 Å². The van der Waals surface area contributed by atoms with E-state index in [0.29, 0.717) is 23.4 Å². The molecule has 1 amide bonds. The number of carbonyl (C=O) groups excluding carboxylic acids is 1. The van der Waals surface area contributed by atoms with E-state index in [1.165, 1.54) is 12.1 Å². The second-order valence-electron chi connectivity index (χ2n) is 5.35. The van der Waals surface area contributed by atoms with Crippen LogP contribution in [0.5, 0.6) is 5.75 Å². The molecule has 132 valence electrons. The third-order valence-corrected chi connectivity index (χ3v) is 3.89. The smallest absolute Gasteiger partial charge is 0.307 e. The molecule has 2 N–H and O–H groups in total. The molecule has 7 heteroatoms. The molecule has 0 saturated carbocycles. The predicted molar refractivity (Wildman–Crippen MR) is 97.5 cm³/mol. The zero-order valence-electron chi connectivity index (χ0n) is 13.5. The Labute approximate surface area is 155 Å². The van der Waals surface area contributed by atoms with Crippen LogP contribution in [-0.2, 0) is 22.6 Å². The number of benzene rings is 2. The van der Waals surface area contributed by atoms with Crippen molar-refractivity contribution in [2.24, 2.45) is 0 Å². The van der Waals surface area contributed by atoms with Gasteiger partial charge in [-0.3, -0.25) is 9.59 Å². The van der Waals surface area contributed by atoms with Crippen LogP contribution in [0.2, 0.25) is 10.0 Å². The lowest BCUT2D eigenvalue weighted by atomic mass is 10.1. The van der Waals surface area contributed by atoms with E-state index in [2.05, 4.69) is 5.32 Å². The molecule has 0 fully saturated rings. The second kappa shape index (κ2) is 8.74. The summed E-state index contributed by atoms with van der Waals surface area (Å²) >= 11 is 12.3. The molecule has 2 aromatic rings. The van der Waals surface area contributed by atoms with E-state index in [1.54, 1.807) is 19.1 Å². The fourth-order valence-electron chi connectivity index (χ4n) is 2.17. The molecule has 0 aromatic heterocycles. The van der Waals surface area contributed by atoms with E-state index in [-0.39, 0.29) is 29.0 Å². The molecule has 25 heavy (non-hydrogen) atoms. The molecule has 0 radical (unpaired) electrons. The molecule has 0 saturated heterocycles. The van der Waals surface area contributed by atoms with Crippen molar-refractivity contribution < 1.29 is 19.4 Å². The van der Waals surface area contributed by atoms with E-state index in [9.17, 15) is 9.59 Å². The van der Waals surface area contributed by atoms with E-state index in [4.69, 9.17) is 33.0 Å². The van der Waals surface area contributed by atoms with Crippen molar-refractivity contribution in [1.29, 1.82) is 0 Å². The zero-order chi connectivity index (χ0) is 18.4. The van der Waals surface area contributed by atoms with Gasteiger partial charge in [0.25, 0.3) is 0 Å². The maximum Gasteiger partial charge on any atom is 0.307 e. The van der Waals surface area contributed by atoms with Crippen LogP contribution in [0.25, 0.3) is 0 Å². The lowest BCUT2D eigenvalue weighted by Crippen LogP contribution is -2.09. The van der Waals surface area contributed by atoms with Gasteiger partial charge >= 0.3 is 5.97 Å². The summed E-state index contributed by atoms with van der Waals surface area (Å²) in [6.07, 6.45) is 0.230. The molecule has 0 aliphatic heterocycles. The maximum atomic E-state index is 11.5. The van der Waals surface area contributed by atoms with Gasteiger partial charge in [0.15, 0.2) is 5.75 Å². The number of anilines is 1. The number of halogens is 2. The van der Waals surface area contributed by atoms with Gasteiger partial charge in [0, 0.05) is 12.1 Å². The first kappa shape index (κ1) is 19.1. The number of hydrogen-bond acceptors (Lipinski definition) is 3. The molecular weight excluding hydrogens is 365 g/mol. The number of rotatable bonds is 7. The van der Waals surface area contributed by atoms with E-state index >= 15 is 0 Å². The topological polar surface area (TPSA) is 75.6 Å². The van der Waals surface area contributed by atoms with Crippen LogP contribution in [0.1, 0.15) is 24.5 Å². The Kier molecular flexibility index (Phi) is 6.67. The van der Waals surface area contributed by atoms with Crippen LogP contribution < -0.4 is 10.1 Å². The Morgan fingerprint density at radius 1 is 1.12 bits per heavy atom. The van der Waals surface area contributed by atoms with Gasteiger partial charge in [-0.15, -0.1) is 0 Å². The molecule has 0 heterocycles. The Balaban J connectivity index is 2.10. The van der Waals surface area contributed by atoms with Crippen molar-refractivity contribution in [3.63, 3.8) is 0 Å². The number of carboxylic acid groups (broad SMARTS) is 1. The molecular formula is C18H17Cl2NO4. The highest BCUT2D eigenvalue weighted by molar-refractivity contribution is 6.37. The van der Waals surface area contributed by atoms with Crippen molar-refractivity contribution in [3.05, 3.63) is 57.6 Å². The number of carbonyl (C=O) groups is 2. The average molecular weight is 382 g/mol. The van der Waals surface area contributed by atoms with Crippen molar-refractivity contribution >= 4 is 40.8 Å². The fourth-order valence-corrected chi connectivity index (χ4v) is 2.81. The summed E-state index contributed by atoms with van der Waals surface area (Å²) in [6, 6.07) is 10.3. The molecule has 0 bridgehead atoms. The van der Waals surface area contributed by atoms with Crippen molar-refractivity contribution in [2.45, 2.75) is 26.4 Å². The Hall–Kier alpha value is -2.24. The van der Waals surface area contributed by atoms with E-state index in [1.807, 2.05) is 12.1 Å². The molecule has 2 aromatic carbocycles. The van der Waals surface area contributed by atoms with Gasteiger partial charge in [0.1, 0.15) is 6.61 Å². The molecule has 0 unspecified atom stereocenters. The number of hydrogen-bond donors (Lipinski definition) is 2. The number of ether oxygens (including phenoxy) is 1. The first-order chi connectivity index (χ1) is 11.9. The average Bonchev–Trinajstić information content (AvgIpc) is 2.53. The van der Waals surface area contributed by atoms with Crippen LogP contribution in [0.4, 0.5) is 5.69 Å². The molecule has 5 nitrogen and oxygen atoms in total. The minimum absolute atomic E-state index is 0.0711. The number of nitrogens with one attached hydrogen (secondary N) is 1. The largest absolute Gasteiger partial charge is 0.486 e. The fraction of sp³-hybridized carbons (Fsp3) is 0.222. The lowest BCUT2D eigenvalue weighted by molar-refractivity contribution is -0.136. The second-order valence-corrected chi connectivity index (χ2v) is 6.16. The summed E-state index contributed by atoms with van der Waals surface area (Å²) in [5.74, 6) is -0.745. The lowest BCUT2D eigenvalue weighted by Gasteiger charge is -2.12. The SMILES string of the molecule is CCC(=O)Nc1cccc(COc2c(Cl)cc(CC(=O)O)cc2Cl)c1. The quantitative estimate of drug-likeness (QED) is 0.737. The van der Waals surface area contributed by atoms with Crippen LogP contribution in [0.15, 0.2) is 36.4 Å². The van der Waals surface area contributed by atoms with Crippen LogP contribution in [-0.4, -0.2) is 17.0 Å². The summed E-state index contributed by atoms with van der Waals surface area (Å²) in [7, 11) is 0. The highest BCUT2D eigenvalue weighted by Crippen LogP contribution is 2.35. The molecule has 0 aliphatic carbocycles. The normalized spacial score (nSPS) is 10.4. The third kappa shape index (κ3) is 5.66. The monoisotopic (exact) mass is 381 g/mol. The van der Waals surface area contributed by atoms with Gasteiger partial charge in [-0.25, -0.2) is 0 Å². The summed E-state index contributed by atoms with van der Waals surface area (Å²) < 4.78 is 5.68. The van der Waals surface area contributed by atoms with Crippen molar-refractivity contribution in [3.8, 4) is 5.75 Å². The van der Waals surface area contributed by atoms with Gasteiger partial charge in [-0.2, -0.15) is 0 Å². The summed E-state index contributed by atoms with van der Waals surface area (Å²) in [5, 5.41) is 12.1. The Morgan fingerprint density at radius 3 is 2.40 bits per heavy atom. The highest BCUT2D eigenvalue weighted by atomic mass is 35.5. The summed E-state index contributed by atoms with van der Waals surface area (Å²) in [4.78, 5) is 22.2. The minimum atomic E-state index is -0.966. The molecule has 0 aliphatic rings. The first-order valence-corrected chi connectivity index (χ1v) is 8.36. The molecule has 0 atom stereocenters. The van der Waals surface area contributed by atoms with Gasteiger partial charge in [-0.05, 0) is 35.4 Å². The predicted octanol–water partition coefficient (Wildman–Crippen LogP) is 4.55. The molecule has 2 rings (SSSR count). The van der Waals surface area contributed by atoms with Gasteiger partial charge in [-0.1, -0.05) is 42.3 Å². The van der Waals surface area contributed by atoms with Gasteiger partial charge < -0.3 is 15.2 Å². The number of aliphatic carboxylic acids is 1. The Morgan fingerprint density at radius 2 is 1.80 bits per heavy atom. The number of carboxylic acids is 1. The highest BCUT2D eigenvalue weighted by Gasteiger charge is 2.12. The van der Waals surface area contributed by atoms with Crippen molar-refractivity contribution in [1.82, 2.24) is 0 Å². The van der Waals surface area contributed by atoms with Gasteiger partial charge in [0.2, 0.25) is 5.91 Å². The van der Waals surface area contributed by atoms with E-state index < -0.39 is 5.97 Å². The van der Waals surface area contributed by atoms with Crippen LogP contribution in [0.3, 0.4) is 0 Å². The van der Waals surface area contributed by atoms with Crippen molar-refractivity contribution in [2.75, 3.05) is 5.32 Å². The van der Waals surface area contributed by atoms with E-state index in [0.717, 1.165) is 5.56 Å². The minimum Gasteiger partial charge on any atom is -0.486 e. The number of amides is 1. The first-order valence-electron chi connectivity index (χ1n) is 7.60. The standard InChI is InChI=1S/C18H17Cl2NO4/c1-2-16(22)21-13-5-3-4-11(6-13)10-25-18-14(19)7-12(8-15(18)20)9-17(23)24/h3-8H,2,9-10H2,1H3,(H,21,22)(H,23,24). The Bertz CT molecular complexity index is 769. The zero-order valence-corrected chi connectivity index (χ0v) is 15.0. The summed E-state index contributed by atoms with van der Waals surface area (Å²) in [5.41, 5.74) is 2.01. The maximum absolute atomic E-state index is 11.5. The van der Waals surface area contributed by atoms with Gasteiger partial charge in [0.05, 0.1) is 16.5 Å². The summed E-state index contributed by atoms with van der Waals surface area (Å²) in [6.45, 7) is 1.98. The van der Waals surface area contributed by atoms with Crippen LogP contribution >= 0.6 is 23.2 Å². The molecule has 0 spiro atoms. The third-order valence-electron chi connectivity index (χ3n) is 3.33.